The van der Waals surface area contributed by atoms with Crippen LogP contribution in [-0.4, -0.2) is 18.3 Å². The number of aliphatic hydroxyl groups excluding tert-OH is 1. The number of aryl methyl sites for hydroxylation is 2. The molecule has 1 aromatic carbocycles. The van der Waals surface area contributed by atoms with Gasteiger partial charge in [-0.3, -0.25) is 0 Å². The molecule has 0 spiro atoms. The molecule has 1 N–H and O–H groups in total. The van der Waals surface area contributed by atoms with Crippen molar-refractivity contribution in [1.82, 2.24) is 0 Å². The highest BCUT2D eigenvalue weighted by Crippen LogP contribution is 2.30. The zero-order chi connectivity index (χ0) is 14.7. The van der Waals surface area contributed by atoms with E-state index in [1.807, 2.05) is 6.07 Å². The van der Waals surface area contributed by atoms with Crippen molar-refractivity contribution in [2.75, 3.05) is 18.1 Å². The van der Waals surface area contributed by atoms with E-state index in [0.29, 0.717) is 0 Å². The third-order valence-corrected chi connectivity index (χ3v) is 4.74. The highest BCUT2D eigenvalue weighted by atomic mass is 32.1. The largest absolute Gasteiger partial charge is 0.384 e. The van der Waals surface area contributed by atoms with E-state index in [1.54, 1.807) is 11.3 Å². The molecule has 2 nitrogen and oxygen atoms in total. The Balaban J connectivity index is 1.86. The Hall–Kier alpha value is -1.76. The highest BCUT2D eigenvalue weighted by molar-refractivity contribution is 7.10. The van der Waals surface area contributed by atoms with Gasteiger partial charge in [0.1, 0.15) is 6.61 Å². The Kier molecular flexibility index (Phi) is 4.28. The molecule has 0 aliphatic carbocycles. The molecule has 2 aromatic rings. The molecule has 3 rings (SSSR count). The fourth-order valence-electron chi connectivity index (χ4n) is 2.85. The number of nitrogens with zero attached hydrogens (tertiary/aromatic N) is 1. The fourth-order valence-corrected chi connectivity index (χ4v) is 3.70. The van der Waals surface area contributed by atoms with Crippen LogP contribution < -0.4 is 4.90 Å². The zero-order valence-electron chi connectivity index (χ0n) is 12.2. The molecule has 0 fully saturated rings. The van der Waals surface area contributed by atoms with E-state index in [1.165, 1.54) is 34.5 Å². The van der Waals surface area contributed by atoms with Gasteiger partial charge in [0.15, 0.2) is 0 Å². The second-order valence-corrected chi connectivity index (χ2v) is 6.38. The first kappa shape index (κ1) is 14.2. The summed E-state index contributed by atoms with van der Waals surface area (Å²) in [6.45, 7) is 4.08. The molecule has 21 heavy (non-hydrogen) atoms. The number of hydrogen-bond acceptors (Lipinski definition) is 3. The standard InChI is InChI=1S/C18H19NOS/c1-14-6-7-17-16(12-14)4-2-9-19(17)13-18-15(5-3-10-20)8-11-21-18/h6-8,11-12,20H,2,4,9-10,13H2,1H3. The number of aliphatic hydroxyl groups is 1. The maximum Gasteiger partial charge on any atom is 0.104 e. The monoisotopic (exact) mass is 297 g/mol. The third kappa shape index (κ3) is 3.12. The van der Waals surface area contributed by atoms with Crippen LogP contribution in [0.2, 0.25) is 0 Å². The van der Waals surface area contributed by atoms with Gasteiger partial charge >= 0.3 is 0 Å². The van der Waals surface area contributed by atoms with E-state index >= 15 is 0 Å². The smallest absolute Gasteiger partial charge is 0.104 e. The van der Waals surface area contributed by atoms with Crippen LogP contribution in [0.3, 0.4) is 0 Å². The predicted octanol–water partition coefficient (Wildman–Crippen LogP) is 3.35. The van der Waals surface area contributed by atoms with E-state index in [9.17, 15) is 0 Å². The van der Waals surface area contributed by atoms with Crippen LogP contribution in [0.4, 0.5) is 5.69 Å². The summed E-state index contributed by atoms with van der Waals surface area (Å²) in [6.07, 6.45) is 2.38. The minimum atomic E-state index is -0.0822. The molecular formula is C18H19NOS. The summed E-state index contributed by atoms with van der Waals surface area (Å²) in [4.78, 5) is 3.73. The van der Waals surface area contributed by atoms with Gasteiger partial charge in [0.25, 0.3) is 0 Å². The second kappa shape index (κ2) is 6.34. The third-order valence-electron chi connectivity index (χ3n) is 3.83. The van der Waals surface area contributed by atoms with Crippen molar-refractivity contribution < 1.29 is 5.11 Å². The van der Waals surface area contributed by atoms with Gasteiger partial charge in [-0.05, 0) is 42.8 Å². The van der Waals surface area contributed by atoms with Crippen molar-refractivity contribution in [3.63, 3.8) is 0 Å². The van der Waals surface area contributed by atoms with Gasteiger partial charge in [-0.15, -0.1) is 11.3 Å². The number of hydrogen-bond donors (Lipinski definition) is 1. The highest BCUT2D eigenvalue weighted by Gasteiger charge is 2.18. The average Bonchev–Trinajstić information content (AvgIpc) is 2.92. The minimum Gasteiger partial charge on any atom is -0.384 e. The lowest BCUT2D eigenvalue weighted by molar-refractivity contribution is 0.350. The van der Waals surface area contributed by atoms with Crippen molar-refractivity contribution in [3.05, 3.63) is 51.2 Å². The van der Waals surface area contributed by atoms with Crippen molar-refractivity contribution in [2.24, 2.45) is 0 Å². The van der Waals surface area contributed by atoms with Crippen LogP contribution >= 0.6 is 11.3 Å². The van der Waals surface area contributed by atoms with E-state index < -0.39 is 0 Å². The summed E-state index contributed by atoms with van der Waals surface area (Å²) < 4.78 is 0. The summed E-state index contributed by atoms with van der Waals surface area (Å²) in [5.41, 5.74) is 5.21. The molecule has 0 atom stereocenters. The molecule has 108 valence electrons. The van der Waals surface area contributed by atoms with Crippen LogP contribution in [-0.2, 0) is 13.0 Å². The molecule has 3 heteroatoms. The maximum absolute atomic E-state index is 8.85. The van der Waals surface area contributed by atoms with Crippen molar-refractivity contribution in [2.45, 2.75) is 26.3 Å². The Morgan fingerprint density at radius 3 is 3.10 bits per heavy atom. The van der Waals surface area contributed by atoms with Crippen molar-refractivity contribution in [3.8, 4) is 11.8 Å². The van der Waals surface area contributed by atoms with Gasteiger partial charge in [-0.25, -0.2) is 0 Å². The summed E-state index contributed by atoms with van der Waals surface area (Å²) in [6, 6.07) is 8.79. The molecule has 2 heterocycles. The van der Waals surface area contributed by atoms with Gasteiger partial charge in [0.05, 0.1) is 6.54 Å². The topological polar surface area (TPSA) is 23.5 Å². The Morgan fingerprint density at radius 2 is 2.24 bits per heavy atom. The van der Waals surface area contributed by atoms with Crippen molar-refractivity contribution >= 4 is 17.0 Å². The van der Waals surface area contributed by atoms with Crippen LogP contribution in [0.25, 0.3) is 0 Å². The summed E-state index contributed by atoms with van der Waals surface area (Å²) in [7, 11) is 0. The molecular weight excluding hydrogens is 278 g/mol. The first-order valence-electron chi connectivity index (χ1n) is 7.28. The molecule has 0 saturated heterocycles. The Labute approximate surface area is 130 Å². The van der Waals surface area contributed by atoms with Crippen LogP contribution in [0.5, 0.6) is 0 Å². The van der Waals surface area contributed by atoms with Gasteiger partial charge in [0, 0.05) is 22.7 Å². The number of rotatable bonds is 2. The normalized spacial score (nSPS) is 13.5. The molecule has 0 unspecified atom stereocenters. The van der Waals surface area contributed by atoms with Gasteiger partial charge < -0.3 is 10.0 Å². The molecule has 0 bridgehead atoms. The van der Waals surface area contributed by atoms with Crippen LogP contribution in [0.15, 0.2) is 29.6 Å². The van der Waals surface area contributed by atoms with Crippen LogP contribution in [0, 0.1) is 18.8 Å². The molecule has 1 aliphatic heterocycles. The Bertz CT molecular complexity index is 693. The molecule has 0 amide bonds. The number of anilines is 1. The zero-order valence-corrected chi connectivity index (χ0v) is 13.0. The quantitative estimate of drug-likeness (QED) is 0.859. The van der Waals surface area contributed by atoms with Gasteiger partial charge in [-0.2, -0.15) is 0 Å². The predicted molar refractivity (Wildman–Crippen MR) is 88.8 cm³/mol. The van der Waals surface area contributed by atoms with Gasteiger partial charge in [-0.1, -0.05) is 29.5 Å². The molecule has 0 radical (unpaired) electrons. The van der Waals surface area contributed by atoms with Gasteiger partial charge in [0.2, 0.25) is 0 Å². The number of thiophene rings is 1. The van der Waals surface area contributed by atoms with E-state index in [-0.39, 0.29) is 6.61 Å². The minimum absolute atomic E-state index is 0.0822. The average molecular weight is 297 g/mol. The first-order valence-corrected chi connectivity index (χ1v) is 8.16. The van der Waals surface area contributed by atoms with E-state index in [0.717, 1.165) is 18.7 Å². The number of benzene rings is 1. The Morgan fingerprint density at radius 1 is 1.33 bits per heavy atom. The lowest BCUT2D eigenvalue weighted by Crippen LogP contribution is -2.28. The molecule has 1 aliphatic rings. The summed E-state index contributed by atoms with van der Waals surface area (Å²) in [5.74, 6) is 5.80. The van der Waals surface area contributed by atoms with Crippen molar-refractivity contribution in [1.29, 1.82) is 0 Å². The first-order chi connectivity index (χ1) is 10.3. The summed E-state index contributed by atoms with van der Waals surface area (Å²) in [5, 5.41) is 10.9. The molecule has 0 saturated carbocycles. The number of fused-ring (bicyclic) bond motifs is 1. The SMILES string of the molecule is Cc1ccc2c(c1)CCCN2Cc1sccc1C#CCO. The lowest BCUT2D eigenvalue weighted by atomic mass is 9.99. The second-order valence-electron chi connectivity index (χ2n) is 5.37. The van der Waals surface area contributed by atoms with Crippen LogP contribution in [0.1, 0.15) is 28.0 Å². The molecule has 1 aromatic heterocycles. The summed E-state index contributed by atoms with van der Waals surface area (Å²) >= 11 is 1.75. The maximum atomic E-state index is 8.85. The van der Waals surface area contributed by atoms with E-state index in [2.05, 4.69) is 47.2 Å². The fraction of sp³-hybridized carbons (Fsp3) is 0.333. The van der Waals surface area contributed by atoms with E-state index in [4.69, 9.17) is 5.11 Å². The lowest BCUT2D eigenvalue weighted by Gasteiger charge is -2.31.